The van der Waals surface area contributed by atoms with Gasteiger partial charge in [0.1, 0.15) is 17.9 Å². The number of likely N-dealkylation sites (N-methyl/N-ethyl adjacent to an activating group) is 2. The number of amides is 1. The van der Waals surface area contributed by atoms with Crippen LogP contribution in [-0.2, 0) is 11.8 Å². The van der Waals surface area contributed by atoms with E-state index in [0.717, 1.165) is 40.9 Å². The number of fused-ring (bicyclic) bond motifs is 1. The Balaban J connectivity index is 1.72. The van der Waals surface area contributed by atoms with Crippen molar-refractivity contribution in [2.75, 3.05) is 49.8 Å². The highest BCUT2D eigenvalue weighted by Gasteiger charge is 2.18. The Morgan fingerprint density at radius 3 is 2.62 bits per heavy atom. The van der Waals surface area contributed by atoms with E-state index in [1.807, 2.05) is 83.2 Å². The molecule has 0 atom stereocenters. The third-order valence-corrected chi connectivity index (χ3v) is 6.17. The molecule has 2 aromatic carbocycles. The lowest BCUT2D eigenvalue weighted by atomic mass is 10.1. The predicted octanol–water partition coefficient (Wildman–Crippen LogP) is 4.68. The predicted molar refractivity (Wildman–Crippen MR) is 158 cm³/mol. The molecular formula is C29H36N8O2. The molecule has 0 bridgehead atoms. The first kappa shape index (κ1) is 27.6. The maximum absolute atomic E-state index is 12.3. The molecule has 4 aromatic rings. The minimum absolute atomic E-state index is 0.0636. The van der Waals surface area contributed by atoms with Crippen LogP contribution in [0.15, 0.2) is 61.6 Å². The molecule has 0 saturated heterocycles. The molecule has 1 amide bonds. The fourth-order valence-electron chi connectivity index (χ4n) is 4.13. The smallest absolute Gasteiger partial charge is 0.247 e. The minimum Gasteiger partial charge on any atom is -0.489 e. The van der Waals surface area contributed by atoms with Gasteiger partial charge in [0, 0.05) is 50.3 Å². The van der Waals surface area contributed by atoms with Crippen molar-refractivity contribution >= 4 is 39.7 Å². The standard InChI is InChI=1S/C29H36N8O2/c1-8-29(38)34-23-14-24(27(39-19(2)3)16-26(23)36(6)12-11-35(4)5)33-28-15-22(30-18-31-28)20-9-10-25-21(13-20)17-32-37(25)7/h8-10,13-19H,1,11-12H2,2-7H3,(H,34,38)(H,30,31,33). The second-order valence-corrected chi connectivity index (χ2v) is 9.91. The zero-order chi connectivity index (χ0) is 28.1. The molecule has 10 heteroatoms. The third-order valence-electron chi connectivity index (χ3n) is 6.17. The van der Waals surface area contributed by atoms with Crippen LogP contribution in [0.3, 0.4) is 0 Å². The molecule has 2 N–H and O–H groups in total. The lowest BCUT2D eigenvalue weighted by Gasteiger charge is -2.26. The van der Waals surface area contributed by atoms with Crippen LogP contribution in [0.4, 0.5) is 22.9 Å². The van der Waals surface area contributed by atoms with E-state index in [-0.39, 0.29) is 12.0 Å². The first-order valence-corrected chi connectivity index (χ1v) is 12.8. The fourth-order valence-corrected chi connectivity index (χ4v) is 4.13. The summed E-state index contributed by atoms with van der Waals surface area (Å²) in [5.74, 6) is 0.940. The van der Waals surface area contributed by atoms with Crippen LogP contribution in [-0.4, -0.2) is 70.9 Å². The zero-order valence-electron chi connectivity index (χ0n) is 23.4. The molecule has 10 nitrogen and oxygen atoms in total. The average Bonchev–Trinajstić information content (AvgIpc) is 3.28. The number of aryl methyl sites for hydroxylation is 1. The summed E-state index contributed by atoms with van der Waals surface area (Å²) >= 11 is 0. The van der Waals surface area contributed by atoms with Crippen LogP contribution in [0.1, 0.15) is 13.8 Å². The minimum atomic E-state index is -0.296. The number of aromatic nitrogens is 4. The van der Waals surface area contributed by atoms with Gasteiger partial charge in [-0.3, -0.25) is 9.48 Å². The Bertz CT molecular complexity index is 1480. The highest BCUT2D eigenvalue weighted by molar-refractivity contribution is 6.02. The number of carbonyl (C=O) groups excluding carboxylic acids is 1. The zero-order valence-corrected chi connectivity index (χ0v) is 23.4. The summed E-state index contributed by atoms with van der Waals surface area (Å²) in [6.45, 7) is 9.16. The van der Waals surface area contributed by atoms with Gasteiger partial charge in [0.05, 0.1) is 40.6 Å². The number of nitrogens with one attached hydrogen (secondary N) is 2. The van der Waals surface area contributed by atoms with Gasteiger partial charge in [-0.05, 0) is 52.2 Å². The molecule has 2 aromatic heterocycles. The second-order valence-electron chi connectivity index (χ2n) is 9.91. The highest BCUT2D eigenvalue weighted by Crippen LogP contribution is 2.39. The van der Waals surface area contributed by atoms with Crippen molar-refractivity contribution in [1.82, 2.24) is 24.6 Å². The van der Waals surface area contributed by atoms with Crippen molar-refractivity contribution in [1.29, 1.82) is 0 Å². The Labute approximate surface area is 229 Å². The number of nitrogens with zero attached hydrogens (tertiary/aromatic N) is 6. The maximum Gasteiger partial charge on any atom is 0.247 e. The Hall–Kier alpha value is -4.44. The molecule has 0 fully saturated rings. The van der Waals surface area contributed by atoms with Gasteiger partial charge < -0.3 is 25.2 Å². The third kappa shape index (κ3) is 6.71. The fraction of sp³-hybridized carbons (Fsp3) is 0.310. The Morgan fingerprint density at radius 2 is 1.90 bits per heavy atom. The van der Waals surface area contributed by atoms with Gasteiger partial charge in [-0.2, -0.15) is 5.10 Å². The van der Waals surface area contributed by atoms with E-state index in [1.54, 1.807) is 0 Å². The van der Waals surface area contributed by atoms with Crippen molar-refractivity contribution < 1.29 is 9.53 Å². The average molecular weight is 529 g/mol. The number of ether oxygens (including phenoxy) is 1. The molecule has 0 aliphatic rings. The first-order valence-electron chi connectivity index (χ1n) is 12.8. The number of hydrogen-bond acceptors (Lipinski definition) is 8. The van der Waals surface area contributed by atoms with Crippen molar-refractivity contribution in [3.8, 4) is 17.0 Å². The highest BCUT2D eigenvalue weighted by atomic mass is 16.5. The monoisotopic (exact) mass is 528 g/mol. The normalized spacial score (nSPS) is 11.2. The summed E-state index contributed by atoms with van der Waals surface area (Å²) in [7, 11) is 7.96. The molecule has 0 aliphatic heterocycles. The van der Waals surface area contributed by atoms with Crippen LogP contribution in [0, 0.1) is 0 Å². The summed E-state index contributed by atoms with van der Waals surface area (Å²) in [5.41, 5.74) is 4.91. The molecule has 0 spiro atoms. The molecule has 4 rings (SSSR count). The molecule has 0 aliphatic carbocycles. The Morgan fingerprint density at radius 1 is 1.10 bits per heavy atom. The summed E-state index contributed by atoms with van der Waals surface area (Å²) in [4.78, 5) is 25.5. The molecule has 39 heavy (non-hydrogen) atoms. The van der Waals surface area contributed by atoms with Crippen LogP contribution in [0.2, 0.25) is 0 Å². The van der Waals surface area contributed by atoms with Crippen LogP contribution < -0.4 is 20.3 Å². The van der Waals surface area contributed by atoms with Crippen molar-refractivity contribution in [2.45, 2.75) is 20.0 Å². The van der Waals surface area contributed by atoms with Crippen molar-refractivity contribution in [2.24, 2.45) is 7.05 Å². The second kappa shape index (κ2) is 12.0. The summed E-state index contributed by atoms with van der Waals surface area (Å²) in [6, 6.07) is 11.8. The maximum atomic E-state index is 12.3. The van der Waals surface area contributed by atoms with Gasteiger partial charge in [-0.15, -0.1) is 0 Å². The number of carbonyl (C=O) groups is 1. The van der Waals surface area contributed by atoms with E-state index in [2.05, 4.69) is 48.1 Å². The van der Waals surface area contributed by atoms with Crippen LogP contribution in [0.25, 0.3) is 22.2 Å². The number of benzene rings is 2. The van der Waals surface area contributed by atoms with Gasteiger partial charge >= 0.3 is 0 Å². The van der Waals surface area contributed by atoms with Gasteiger partial charge in [0.2, 0.25) is 5.91 Å². The van der Waals surface area contributed by atoms with Crippen molar-refractivity contribution in [3.05, 3.63) is 61.6 Å². The lowest BCUT2D eigenvalue weighted by Crippen LogP contribution is -2.29. The molecule has 2 heterocycles. The molecular weight excluding hydrogens is 492 g/mol. The largest absolute Gasteiger partial charge is 0.489 e. The summed E-state index contributed by atoms with van der Waals surface area (Å²) in [5, 5.41) is 11.7. The van der Waals surface area contributed by atoms with E-state index >= 15 is 0 Å². The summed E-state index contributed by atoms with van der Waals surface area (Å²) in [6.07, 6.45) is 4.56. The van der Waals surface area contributed by atoms with Crippen LogP contribution in [0.5, 0.6) is 5.75 Å². The van der Waals surface area contributed by atoms with E-state index in [9.17, 15) is 4.79 Å². The van der Waals surface area contributed by atoms with E-state index < -0.39 is 0 Å². The van der Waals surface area contributed by atoms with Crippen LogP contribution >= 0.6 is 0 Å². The van der Waals surface area contributed by atoms with E-state index in [0.29, 0.717) is 22.9 Å². The summed E-state index contributed by atoms with van der Waals surface area (Å²) < 4.78 is 8.04. The Kier molecular flexibility index (Phi) is 8.46. The quantitative estimate of drug-likeness (QED) is 0.271. The molecule has 0 unspecified atom stereocenters. The van der Waals surface area contributed by atoms with Gasteiger partial charge in [0.15, 0.2) is 0 Å². The number of rotatable bonds is 11. The lowest BCUT2D eigenvalue weighted by molar-refractivity contribution is -0.111. The SMILES string of the molecule is C=CC(=O)Nc1cc(Nc2cc(-c3ccc4c(cnn4C)c3)ncn2)c(OC(C)C)cc1N(C)CCN(C)C. The van der Waals surface area contributed by atoms with E-state index in [4.69, 9.17) is 4.74 Å². The van der Waals surface area contributed by atoms with Gasteiger partial charge in [-0.1, -0.05) is 12.6 Å². The van der Waals surface area contributed by atoms with Gasteiger partial charge in [0.25, 0.3) is 0 Å². The van der Waals surface area contributed by atoms with E-state index in [1.165, 1.54) is 12.4 Å². The molecule has 0 saturated carbocycles. The van der Waals surface area contributed by atoms with Crippen molar-refractivity contribution in [3.63, 3.8) is 0 Å². The number of hydrogen-bond donors (Lipinski definition) is 2. The molecule has 0 radical (unpaired) electrons. The number of anilines is 4. The topological polar surface area (TPSA) is 100 Å². The molecule has 204 valence electrons. The first-order chi connectivity index (χ1) is 18.6. The van der Waals surface area contributed by atoms with Gasteiger partial charge in [-0.25, -0.2) is 9.97 Å².